The molecular weight excluding hydrogens is 232 g/mol. The Morgan fingerprint density at radius 3 is 2.44 bits per heavy atom. The van der Waals surface area contributed by atoms with Crippen LogP contribution in [0.25, 0.3) is 10.9 Å². The molecule has 0 spiro atoms. The minimum absolute atomic E-state index is 0.451. The van der Waals surface area contributed by atoms with Crippen molar-refractivity contribution in [2.24, 2.45) is 12.8 Å². The highest BCUT2D eigenvalue weighted by Crippen LogP contribution is 2.35. The van der Waals surface area contributed by atoms with Crippen LogP contribution in [0.1, 0.15) is 16.1 Å². The highest BCUT2D eigenvalue weighted by molar-refractivity contribution is 6.09. The molecule has 0 radical (unpaired) electrons. The van der Waals surface area contributed by atoms with Crippen molar-refractivity contribution in [3.63, 3.8) is 0 Å². The number of aryl methyl sites for hydroxylation is 1. The maximum Gasteiger partial charge on any atom is 0.251 e. The second-order valence-corrected chi connectivity index (χ2v) is 4.11. The third-order valence-electron chi connectivity index (χ3n) is 3.22. The molecule has 0 aliphatic carbocycles. The van der Waals surface area contributed by atoms with E-state index < -0.39 is 5.91 Å². The maximum atomic E-state index is 11.6. The van der Waals surface area contributed by atoms with Gasteiger partial charge in [0.25, 0.3) is 5.91 Å². The number of hydrogen-bond acceptors (Lipinski definition) is 3. The Balaban J connectivity index is 2.95. The second-order valence-electron chi connectivity index (χ2n) is 4.11. The Hall–Kier alpha value is -2.17. The first-order chi connectivity index (χ1) is 8.51. The van der Waals surface area contributed by atoms with Gasteiger partial charge >= 0.3 is 0 Å². The van der Waals surface area contributed by atoms with Crippen molar-refractivity contribution in [1.82, 2.24) is 4.57 Å². The molecule has 0 bridgehead atoms. The van der Waals surface area contributed by atoms with Gasteiger partial charge in [-0.3, -0.25) is 4.79 Å². The largest absolute Gasteiger partial charge is 0.497 e. The lowest BCUT2D eigenvalue weighted by Crippen LogP contribution is -2.12. The number of ether oxygens (including phenoxy) is 2. The molecule has 0 aliphatic heterocycles. The molecule has 18 heavy (non-hydrogen) atoms. The average Bonchev–Trinajstić information content (AvgIpc) is 2.60. The fourth-order valence-electron chi connectivity index (χ4n) is 2.23. The van der Waals surface area contributed by atoms with Gasteiger partial charge in [-0.1, -0.05) is 0 Å². The summed E-state index contributed by atoms with van der Waals surface area (Å²) in [6.07, 6.45) is 0. The zero-order valence-corrected chi connectivity index (χ0v) is 10.9. The molecule has 0 atom stereocenters. The highest BCUT2D eigenvalue weighted by Gasteiger charge is 2.20. The minimum Gasteiger partial charge on any atom is -0.497 e. The van der Waals surface area contributed by atoms with Gasteiger partial charge in [0.1, 0.15) is 11.5 Å². The molecule has 5 heteroatoms. The molecule has 2 N–H and O–H groups in total. The first-order valence-corrected chi connectivity index (χ1v) is 5.52. The van der Waals surface area contributed by atoms with Crippen molar-refractivity contribution >= 4 is 16.8 Å². The van der Waals surface area contributed by atoms with Crippen LogP contribution in [0.5, 0.6) is 11.5 Å². The number of methoxy groups -OCH3 is 2. The molecule has 1 amide bonds. The summed E-state index contributed by atoms with van der Waals surface area (Å²) in [4.78, 5) is 11.6. The average molecular weight is 248 g/mol. The van der Waals surface area contributed by atoms with Crippen molar-refractivity contribution < 1.29 is 14.3 Å². The number of nitrogens with zero attached hydrogens (tertiary/aromatic N) is 1. The number of benzene rings is 1. The van der Waals surface area contributed by atoms with Crippen LogP contribution in [-0.4, -0.2) is 24.7 Å². The summed E-state index contributed by atoms with van der Waals surface area (Å²) in [6.45, 7) is 1.85. The predicted molar refractivity (Wildman–Crippen MR) is 69.3 cm³/mol. The summed E-state index contributed by atoms with van der Waals surface area (Å²) in [5.74, 6) is 0.836. The van der Waals surface area contributed by atoms with E-state index in [-0.39, 0.29) is 0 Å². The Bertz CT molecular complexity index is 629. The second kappa shape index (κ2) is 4.25. The van der Waals surface area contributed by atoms with Gasteiger partial charge in [-0.05, 0) is 13.0 Å². The first kappa shape index (κ1) is 12.3. The summed E-state index contributed by atoms with van der Waals surface area (Å²) in [5.41, 5.74) is 7.59. The van der Waals surface area contributed by atoms with Crippen LogP contribution in [0.4, 0.5) is 0 Å². The molecule has 0 saturated carbocycles. The summed E-state index contributed by atoms with van der Waals surface area (Å²) < 4.78 is 12.4. The molecule has 2 aromatic rings. The molecule has 2 rings (SSSR count). The van der Waals surface area contributed by atoms with Crippen molar-refractivity contribution in [1.29, 1.82) is 0 Å². The van der Waals surface area contributed by atoms with Crippen LogP contribution >= 0.6 is 0 Å². The third-order valence-corrected chi connectivity index (χ3v) is 3.22. The Morgan fingerprint density at radius 1 is 1.28 bits per heavy atom. The van der Waals surface area contributed by atoms with E-state index in [9.17, 15) is 4.79 Å². The summed E-state index contributed by atoms with van der Waals surface area (Å²) in [6, 6.07) is 3.58. The number of carbonyl (C=O) groups is 1. The van der Waals surface area contributed by atoms with Crippen LogP contribution in [-0.2, 0) is 7.05 Å². The Kier molecular flexibility index (Phi) is 2.90. The lowest BCUT2D eigenvalue weighted by atomic mass is 10.1. The number of rotatable bonds is 3. The fourth-order valence-corrected chi connectivity index (χ4v) is 2.23. The standard InChI is InChI=1S/C13H16N2O3/c1-7-11(13(14)16)9-5-8(17-3)6-10(18-4)12(9)15(7)2/h5-6H,1-4H3,(H2,14,16). The topological polar surface area (TPSA) is 66.5 Å². The smallest absolute Gasteiger partial charge is 0.251 e. The summed E-state index contributed by atoms with van der Waals surface area (Å²) >= 11 is 0. The zero-order chi connectivity index (χ0) is 13.4. The number of nitrogens with two attached hydrogens (primary N) is 1. The minimum atomic E-state index is -0.451. The van der Waals surface area contributed by atoms with Crippen LogP contribution in [0.15, 0.2) is 12.1 Å². The SMILES string of the molecule is COc1cc(OC)c2c(c1)c(C(N)=O)c(C)n2C. The molecular formula is C13H16N2O3. The van der Waals surface area contributed by atoms with Crippen LogP contribution in [0.2, 0.25) is 0 Å². The normalized spacial score (nSPS) is 10.7. The highest BCUT2D eigenvalue weighted by atomic mass is 16.5. The van der Waals surface area contributed by atoms with Crippen molar-refractivity contribution in [2.45, 2.75) is 6.92 Å². The van der Waals surface area contributed by atoms with Gasteiger partial charge in [0.2, 0.25) is 0 Å². The number of carbonyl (C=O) groups excluding carboxylic acids is 1. The van der Waals surface area contributed by atoms with Gasteiger partial charge in [0.15, 0.2) is 0 Å². The quantitative estimate of drug-likeness (QED) is 0.897. The lowest BCUT2D eigenvalue weighted by Gasteiger charge is -2.08. The fraction of sp³-hybridized carbons (Fsp3) is 0.308. The number of aromatic nitrogens is 1. The van der Waals surface area contributed by atoms with Crippen LogP contribution in [0.3, 0.4) is 0 Å². The molecule has 0 aliphatic rings. The van der Waals surface area contributed by atoms with E-state index in [0.717, 1.165) is 16.6 Å². The molecule has 0 unspecified atom stereocenters. The maximum absolute atomic E-state index is 11.6. The van der Waals surface area contributed by atoms with E-state index in [4.69, 9.17) is 15.2 Å². The molecule has 1 aromatic heterocycles. The number of amides is 1. The van der Waals surface area contributed by atoms with Gasteiger partial charge in [0, 0.05) is 24.2 Å². The third kappa shape index (κ3) is 1.59. The lowest BCUT2D eigenvalue weighted by molar-refractivity contribution is 0.100. The summed E-state index contributed by atoms with van der Waals surface area (Å²) in [7, 11) is 5.03. The zero-order valence-electron chi connectivity index (χ0n) is 10.9. The monoisotopic (exact) mass is 248 g/mol. The van der Waals surface area contributed by atoms with Gasteiger partial charge in [-0.15, -0.1) is 0 Å². The molecule has 0 saturated heterocycles. The van der Waals surface area contributed by atoms with E-state index in [1.165, 1.54) is 0 Å². The van der Waals surface area contributed by atoms with E-state index in [2.05, 4.69) is 0 Å². The van der Waals surface area contributed by atoms with Crippen molar-refractivity contribution in [3.8, 4) is 11.5 Å². The van der Waals surface area contributed by atoms with Gasteiger partial charge < -0.3 is 19.8 Å². The summed E-state index contributed by atoms with van der Waals surface area (Å²) in [5, 5.41) is 0.749. The van der Waals surface area contributed by atoms with Crippen molar-refractivity contribution in [2.75, 3.05) is 14.2 Å². The van der Waals surface area contributed by atoms with E-state index in [0.29, 0.717) is 17.1 Å². The first-order valence-electron chi connectivity index (χ1n) is 5.52. The van der Waals surface area contributed by atoms with Crippen LogP contribution in [0, 0.1) is 6.92 Å². The number of hydrogen-bond donors (Lipinski definition) is 1. The van der Waals surface area contributed by atoms with Gasteiger partial charge in [0.05, 0.1) is 25.3 Å². The molecule has 1 aromatic carbocycles. The number of primary amides is 1. The molecule has 0 fully saturated rings. The van der Waals surface area contributed by atoms with Gasteiger partial charge in [-0.2, -0.15) is 0 Å². The van der Waals surface area contributed by atoms with E-state index >= 15 is 0 Å². The Labute approximate surface area is 105 Å². The molecule has 96 valence electrons. The Morgan fingerprint density at radius 2 is 1.94 bits per heavy atom. The van der Waals surface area contributed by atoms with Crippen molar-refractivity contribution in [3.05, 3.63) is 23.4 Å². The van der Waals surface area contributed by atoms with E-state index in [1.54, 1.807) is 26.4 Å². The molecule has 5 nitrogen and oxygen atoms in total. The van der Waals surface area contributed by atoms with E-state index in [1.807, 2.05) is 18.5 Å². The predicted octanol–water partition coefficient (Wildman–Crippen LogP) is 1.60. The van der Waals surface area contributed by atoms with Crippen LogP contribution < -0.4 is 15.2 Å². The molecule has 1 heterocycles. The van der Waals surface area contributed by atoms with Gasteiger partial charge in [-0.25, -0.2) is 0 Å². The number of fused-ring (bicyclic) bond motifs is 1.